The van der Waals surface area contributed by atoms with E-state index in [1.807, 2.05) is 31.2 Å². The summed E-state index contributed by atoms with van der Waals surface area (Å²) in [5, 5.41) is 6.28. The Balaban J connectivity index is 1.91. The van der Waals surface area contributed by atoms with E-state index in [0.717, 1.165) is 11.3 Å². The van der Waals surface area contributed by atoms with Gasteiger partial charge in [-0.1, -0.05) is 41.4 Å². The van der Waals surface area contributed by atoms with E-state index in [4.69, 9.17) is 40.2 Å². The molecule has 2 aromatic rings. The van der Waals surface area contributed by atoms with Crippen LogP contribution in [0.3, 0.4) is 0 Å². The molecule has 0 aliphatic heterocycles. The van der Waals surface area contributed by atoms with Gasteiger partial charge < -0.3 is 10.1 Å². The number of hydrogen-bond donors (Lipinski definition) is 2. The number of hydrogen-bond acceptors (Lipinski definition) is 3. The highest BCUT2D eigenvalue weighted by atomic mass is 35.5. The average Bonchev–Trinajstić information content (AvgIpc) is 2.58. The molecule has 4 nitrogen and oxygen atoms in total. The minimum absolute atomic E-state index is 0.108. The largest absolute Gasteiger partial charge is 0.494 e. The fraction of sp³-hybridized carbons (Fsp3) is 0.111. The first-order valence-electron chi connectivity index (χ1n) is 7.46. The smallest absolute Gasteiger partial charge is 0.250 e. The molecule has 0 atom stereocenters. The molecule has 0 fully saturated rings. The molecule has 0 unspecified atom stereocenters. The number of halogens is 2. The maximum atomic E-state index is 11.9. The van der Waals surface area contributed by atoms with Crippen molar-refractivity contribution < 1.29 is 9.53 Å². The van der Waals surface area contributed by atoms with E-state index in [2.05, 4.69) is 10.6 Å². The van der Waals surface area contributed by atoms with Crippen molar-refractivity contribution in [2.45, 2.75) is 6.92 Å². The molecule has 0 bridgehead atoms. The predicted octanol–water partition coefficient (Wildman–Crippen LogP) is 4.92. The van der Waals surface area contributed by atoms with Gasteiger partial charge >= 0.3 is 0 Å². The van der Waals surface area contributed by atoms with Crippen LogP contribution >= 0.6 is 35.4 Å². The van der Waals surface area contributed by atoms with Gasteiger partial charge in [-0.05, 0) is 55.0 Å². The number of carbonyl (C=O) groups excluding carboxylic acids is 1. The maximum absolute atomic E-state index is 11.9. The third kappa shape index (κ3) is 6.05. The summed E-state index contributed by atoms with van der Waals surface area (Å²) in [6, 6.07) is 12.5. The maximum Gasteiger partial charge on any atom is 0.250 e. The zero-order chi connectivity index (χ0) is 18.2. The molecule has 2 aromatic carbocycles. The van der Waals surface area contributed by atoms with E-state index >= 15 is 0 Å². The van der Waals surface area contributed by atoms with Crippen LogP contribution in [0.15, 0.2) is 48.5 Å². The van der Waals surface area contributed by atoms with Crippen molar-refractivity contribution in [1.82, 2.24) is 5.32 Å². The number of amides is 1. The second kappa shape index (κ2) is 9.42. The highest BCUT2D eigenvalue weighted by Crippen LogP contribution is 2.29. The second-order valence-electron chi connectivity index (χ2n) is 4.88. The number of carbonyl (C=O) groups is 1. The van der Waals surface area contributed by atoms with Gasteiger partial charge in [0.25, 0.3) is 0 Å². The lowest BCUT2D eigenvalue weighted by Gasteiger charge is -2.11. The van der Waals surface area contributed by atoms with Crippen molar-refractivity contribution in [3.05, 3.63) is 64.1 Å². The van der Waals surface area contributed by atoms with Crippen LogP contribution in [0.1, 0.15) is 12.5 Å². The first-order valence-corrected chi connectivity index (χ1v) is 8.63. The van der Waals surface area contributed by atoms with Crippen LogP contribution < -0.4 is 15.4 Å². The molecule has 0 saturated heterocycles. The first-order chi connectivity index (χ1) is 12.0. The number of benzene rings is 2. The van der Waals surface area contributed by atoms with Crippen LogP contribution in [-0.4, -0.2) is 17.6 Å². The lowest BCUT2D eigenvalue weighted by Crippen LogP contribution is -2.33. The normalized spacial score (nSPS) is 10.5. The SMILES string of the molecule is CCOc1ccc(/C=C/C(=O)NC(=S)Nc2c(Cl)cccc2Cl)cc1. The van der Waals surface area contributed by atoms with E-state index in [0.29, 0.717) is 22.3 Å². The first kappa shape index (κ1) is 19.2. The van der Waals surface area contributed by atoms with Gasteiger partial charge in [0.15, 0.2) is 5.11 Å². The molecular formula is C18H16Cl2N2O2S. The Morgan fingerprint density at radius 1 is 1.16 bits per heavy atom. The number of thiocarbonyl (C=S) groups is 1. The van der Waals surface area contributed by atoms with Crippen LogP contribution in [0.4, 0.5) is 5.69 Å². The molecule has 2 N–H and O–H groups in total. The molecule has 0 radical (unpaired) electrons. The van der Waals surface area contributed by atoms with Gasteiger partial charge in [0, 0.05) is 6.08 Å². The molecule has 0 aromatic heterocycles. The molecule has 1 amide bonds. The van der Waals surface area contributed by atoms with Crippen molar-refractivity contribution >= 4 is 58.2 Å². The van der Waals surface area contributed by atoms with E-state index < -0.39 is 0 Å². The predicted molar refractivity (Wildman–Crippen MR) is 107 cm³/mol. The van der Waals surface area contributed by atoms with Crippen LogP contribution in [0.5, 0.6) is 5.75 Å². The number of ether oxygens (including phenoxy) is 1. The van der Waals surface area contributed by atoms with E-state index in [9.17, 15) is 4.79 Å². The van der Waals surface area contributed by atoms with Crippen molar-refractivity contribution in [3.8, 4) is 5.75 Å². The Morgan fingerprint density at radius 2 is 1.80 bits per heavy atom. The lowest BCUT2D eigenvalue weighted by molar-refractivity contribution is -0.115. The Labute approximate surface area is 161 Å². The van der Waals surface area contributed by atoms with Crippen molar-refractivity contribution in [2.75, 3.05) is 11.9 Å². The summed E-state index contributed by atoms with van der Waals surface area (Å²) >= 11 is 17.2. The van der Waals surface area contributed by atoms with Gasteiger partial charge in [0.05, 0.1) is 22.3 Å². The molecule has 2 rings (SSSR count). The van der Waals surface area contributed by atoms with Crippen LogP contribution in [0.25, 0.3) is 6.08 Å². The molecule has 0 spiro atoms. The Hall–Kier alpha value is -2.08. The third-order valence-corrected chi connectivity index (χ3v) is 3.89. The fourth-order valence-corrected chi connectivity index (χ4v) is 2.62. The van der Waals surface area contributed by atoms with Crippen molar-refractivity contribution in [2.24, 2.45) is 0 Å². The van der Waals surface area contributed by atoms with Crippen LogP contribution in [0.2, 0.25) is 10.0 Å². The minimum Gasteiger partial charge on any atom is -0.494 e. The fourth-order valence-electron chi connectivity index (χ4n) is 1.93. The molecule has 0 heterocycles. The van der Waals surface area contributed by atoms with Gasteiger partial charge in [-0.25, -0.2) is 0 Å². The van der Waals surface area contributed by atoms with Gasteiger partial charge in [-0.3, -0.25) is 10.1 Å². The van der Waals surface area contributed by atoms with Crippen LogP contribution in [0, 0.1) is 0 Å². The number of anilines is 1. The molecule has 7 heteroatoms. The topological polar surface area (TPSA) is 50.4 Å². The molecule has 0 aliphatic carbocycles. The number of para-hydroxylation sites is 1. The summed E-state index contributed by atoms with van der Waals surface area (Å²) < 4.78 is 5.36. The van der Waals surface area contributed by atoms with Gasteiger partial charge in [-0.2, -0.15) is 0 Å². The summed E-state index contributed by atoms with van der Waals surface area (Å²) in [5.41, 5.74) is 1.32. The molecule has 25 heavy (non-hydrogen) atoms. The zero-order valence-electron chi connectivity index (χ0n) is 13.4. The summed E-state index contributed by atoms with van der Waals surface area (Å²) in [6.45, 7) is 2.53. The van der Waals surface area contributed by atoms with Gasteiger partial charge in [0.2, 0.25) is 5.91 Å². The standard InChI is InChI=1S/C18H16Cl2N2O2S/c1-2-24-13-9-6-12(7-10-13)8-11-16(23)21-18(25)22-17-14(19)4-3-5-15(17)20/h3-11H,2H2,1H3,(H2,21,22,23,25)/b11-8+. The quantitative estimate of drug-likeness (QED) is 0.558. The molecule has 0 aliphatic rings. The number of nitrogens with one attached hydrogen (secondary N) is 2. The Morgan fingerprint density at radius 3 is 2.40 bits per heavy atom. The number of rotatable bonds is 5. The van der Waals surface area contributed by atoms with Gasteiger partial charge in [0.1, 0.15) is 5.75 Å². The van der Waals surface area contributed by atoms with Crippen molar-refractivity contribution in [1.29, 1.82) is 0 Å². The van der Waals surface area contributed by atoms with Crippen molar-refractivity contribution in [3.63, 3.8) is 0 Å². The monoisotopic (exact) mass is 394 g/mol. The summed E-state index contributed by atoms with van der Waals surface area (Å²) in [6.07, 6.45) is 3.06. The highest BCUT2D eigenvalue weighted by Gasteiger charge is 2.08. The summed E-state index contributed by atoms with van der Waals surface area (Å²) in [7, 11) is 0. The third-order valence-electron chi connectivity index (χ3n) is 3.06. The Bertz CT molecular complexity index is 772. The average molecular weight is 395 g/mol. The van der Waals surface area contributed by atoms with Crippen LogP contribution in [-0.2, 0) is 4.79 Å². The molecule has 0 saturated carbocycles. The highest BCUT2D eigenvalue weighted by molar-refractivity contribution is 7.80. The molecular weight excluding hydrogens is 379 g/mol. The summed E-state index contributed by atoms with van der Waals surface area (Å²) in [4.78, 5) is 11.9. The van der Waals surface area contributed by atoms with Gasteiger partial charge in [-0.15, -0.1) is 0 Å². The second-order valence-corrected chi connectivity index (χ2v) is 6.10. The van der Waals surface area contributed by atoms with E-state index in [1.54, 1.807) is 24.3 Å². The zero-order valence-corrected chi connectivity index (χ0v) is 15.7. The van der Waals surface area contributed by atoms with E-state index in [-0.39, 0.29) is 11.0 Å². The summed E-state index contributed by atoms with van der Waals surface area (Å²) in [5.74, 6) is 0.417. The molecule has 130 valence electrons. The van der Waals surface area contributed by atoms with E-state index in [1.165, 1.54) is 6.08 Å². The lowest BCUT2D eigenvalue weighted by atomic mass is 10.2. The Kier molecular flexibility index (Phi) is 7.25. The minimum atomic E-state index is -0.366.